The Bertz CT molecular complexity index is 436. The van der Waals surface area contributed by atoms with Crippen molar-refractivity contribution in [2.45, 2.75) is 18.9 Å². The second-order valence-corrected chi connectivity index (χ2v) is 4.97. The average Bonchev–Trinajstić information content (AvgIpc) is 2.39. The van der Waals surface area contributed by atoms with Crippen LogP contribution in [0.5, 0.6) is 0 Å². The second-order valence-electron chi connectivity index (χ2n) is 4.50. The summed E-state index contributed by atoms with van der Waals surface area (Å²) in [6, 6.07) is 9.31. The molecule has 0 saturated heterocycles. The van der Waals surface area contributed by atoms with Gasteiger partial charge in [0.15, 0.2) is 0 Å². The van der Waals surface area contributed by atoms with E-state index in [1.165, 1.54) is 0 Å². The van der Waals surface area contributed by atoms with Crippen molar-refractivity contribution in [2.24, 2.45) is 5.73 Å². The molecule has 0 aliphatic carbocycles. The third-order valence-electron chi connectivity index (χ3n) is 3.08. The molecular formula is C14H20N2O2S. The lowest BCUT2D eigenvalue weighted by Gasteiger charge is -2.28. The fourth-order valence-electron chi connectivity index (χ4n) is 1.85. The van der Waals surface area contributed by atoms with Crippen molar-refractivity contribution < 1.29 is 9.53 Å². The molecule has 2 atom stereocenters. The van der Waals surface area contributed by atoms with Crippen LogP contribution in [-0.2, 0) is 9.53 Å². The van der Waals surface area contributed by atoms with Crippen LogP contribution in [0.3, 0.4) is 0 Å². The molecule has 2 N–H and O–H groups in total. The number of ether oxygens (including phenoxy) is 1. The minimum absolute atomic E-state index is 0.0296. The largest absolute Gasteiger partial charge is 0.392 e. The quantitative estimate of drug-likeness (QED) is 0.803. The molecule has 4 nitrogen and oxygen atoms in total. The normalized spacial score (nSPS) is 13.6. The van der Waals surface area contributed by atoms with Crippen LogP contribution in [0.15, 0.2) is 30.3 Å². The van der Waals surface area contributed by atoms with Gasteiger partial charge in [0.05, 0.1) is 17.6 Å². The van der Waals surface area contributed by atoms with Crippen molar-refractivity contribution >= 4 is 23.1 Å². The molecule has 2 unspecified atom stereocenters. The zero-order valence-electron chi connectivity index (χ0n) is 11.5. The number of carbonyl (C=O) groups is 1. The van der Waals surface area contributed by atoms with E-state index in [2.05, 4.69) is 0 Å². The van der Waals surface area contributed by atoms with E-state index < -0.39 is 5.92 Å². The molecule has 0 heterocycles. The van der Waals surface area contributed by atoms with Gasteiger partial charge in [0.25, 0.3) is 0 Å². The molecule has 104 valence electrons. The fraction of sp³-hybridized carbons (Fsp3) is 0.429. The number of nitrogens with two attached hydrogens (primary N) is 1. The third-order valence-corrected chi connectivity index (χ3v) is 3.32. The van der Waals surface area contributed by atoms with Crippen LogP contribution in [-0.4, -0.2) is 42.6 Å². The second kappa shape index (κ2) is 7.21. The van der Waals surface area contributed by atoms with E-state index in [1.807, 2.05) is 37.3 Å². The minimum atomic E-state index is -0.583. The molecule has 0 saturated carbocycles. The van der Waals surface area contributed by atoms with Crippen molar-refractivity contribution in [1.29, 1.82) is 0 Å². The Balaban J connectivity index is 2.95. The van der Waals surface area contributed by atoms with Crippen LogP contribution < -0.4 is 5.73 Å². The lowest BCUT2D eigenvalue weighted by Crippen LogP contribution is -2.43. The van der Waals surface area contributed by atoms with Crippen molar-refractivity contribution in [3.05, 3.63) is 35.9 Å². The van der Waals surface area contributed by atoms with Gasteiger partial charge in [-0.2, -0.15) is 0 Å². The molecule has 0 aromatic heterocycles. The van der Waals surface area contributed by atoms with Gasteiger partial charge in [0.1, 0.15) is 5.92 Å². The van der Waals surface area contributed by atoms with Crippen LogP contribution in [0, 0.1) is 0 Å². The molecule has 1 aromatic carbocycles. The summed E-state index contributed by atoms with van der Waals surface area (Å²) in [5.74, 6) is -0.691. The first-order valence-corrected chi connectivity index (χ1v) is 6.49. The zero-order valence-corrected chi connectivity index (χ0v) is 12.3. The van der Waals surface area contributed by atoms with E-state index in [0.717, 1.165) is 5.56 Å². The van der Waals surface area contributed by atoms with Gasteiger partial charge in [-0.15, -0.1) is 0 Å². The Morgan fingerprint density at radius 1 is 1.42 bits per heavy atom. The van der Waals surface area contributed by atoms with Gasteiger partial charge in [-0.25, -0.2) is 0 Å². The average molecular weight is 280 g/mol. The maximum atomic E-state index is 12.5. The van der Waals surface area contributed by atoms with E-state index >= 15 is 0 Å². The van der Waals surface area contributed by atoms with Crippen LogP contribution in [0.2, 0.25) is 0 Å². The van der Waals surface area contributed by atoms with Gasteiger partial charge >= 0.3 is 0 Å². The van der Waals surface area contributed by atoms with E-state index in [1.54, 1.807) is 19.1 Å². The van der Waals surface area contributed by atoms with Gasteiger partial charge in [0.2, 0.25) is 5.91 Å². The number of benzene rings is 1. The third kappa shape index (κ3) is 4.01. The Hall–Kier alpha value is -1.46. The Labute approximate surface area is 119 Å². The number of hydrogen-bond acceptors (Lipinski definition) is 3. The molecule has 1 aromatic rings. The number of rotatable bonds is 6. The summed E-state index contributed by atoms with van der Waals surface area (Å²) >= 11 is 5.04. The lowest BCUT2D eigenvalue weighted by molar-refractivity contribution is -0.132. The molecule has 0 aliphatic rings. The first-order chi connectivity index (χ1) is 8.99. The highest BCUT2D eigenvalue weighted by molar-refractivity contribution is 7.80. The summed E-state index contributed by atoms with van der Waals surface area (Å²) in [6.45, 7) is 2.39. The van der Waals surface area contributed by atoms with Crippen molar-refractivity contribution in [3.8, 4) is 0 Å². The van der Waals surface area contributed by atoms with E-state index in [4.69, 9.17) is 22.7 Å². The molecule has 0 bridgehead atoms. The van der Waals surface area contributed by atoms with E-state index in [-0.39, 0.29) is 16.9 Å². The molecular weight excluding hydrogens is 260 g/mol. The van der Waals surface area contributed by atoms with E-state index in [9.17, 15) is 4.79 Å². The predicted octanol–water partition coefficient (Wildman–Crippen LogP) is 1.55. The Morgan fingerprint density at radius 3 is 2.47 bits per heavy atom. The van der Waals surface area contributed by atoms with Crippen LogP contribution in [0.4, 0.5) is 0 Å². The zero-order chi connectivity index (χ0) is 14.4. The van der Waals surface area contributed by atoms with Crippen molar-refractivity contribution in [3.63, 3.8) is 0 Å². The monoisotopic (exact) mass is 280 g/mol. The van der Waals surface area contributed by atoms with Gasteiger partial charge in [-0.05, 0) is 12.5 Å². The van der Waals surface area contributed by atoms with Gasteiger partial charge < -0.3 is 15.4 Å². The lowest BCUT2D eigenvalue weighted by atomic mass is 9.97. The topological polar surface area (TPSA) is 55.6 Å². The maximum Gasteiger partial charge on any atom is 0.237 e. The smallest absolute Gasteiger partial charge is 0.237 e. The number of thiocarbonyl (C=S) groups is 1. The summed E-state index contributed by atoms with van der Waals surface area (Å²) in [5, 5.41) is 0. The first-order valence-electron chi connectivity index (χ1n) is 6.09. The standard InChI is InChI=1S/C14H20N2O2S/c1-10(9-18-3)16(2)14(17)12(13(15)19)11-7-5-4-6-8-11/h4-8,10,12H,9H2,1-3H3,(H2,15,19). The highest BCUT2D eigenvalue weighted by Crippen LogP contribution is 2.19. The van der Waals surface area contributed by atoms with Gasteiger partial charge in [0, 0.05) is 14.2 Å². The number of nitrogens with zero attached hydrogens (tertiary/aromatic N) is 1. The molecule has 1 amide bonds. The van der Waals surface area contributed by atoms with Crippen LogP contribution >= 0.6 is 12.2 Å². The summed E-state index contributed by atoms with van der Waals surface area (Å²) in [7, 11) is 3.34. The molecule has 0 aliphatic heterocycles. The summed E-state index contributed by atoms with van der Waals surface area (Å²) < 4.78 is 5.06. The summed E-state index contributed by atoms with van der Waals surface area (Å²) in [4.78, 5) is 14.3. The summed E-state index contributed by atoms with van der Waals surface area (Å²) in [6.07, 6.45) is 0. The van der Waals surface area contributed by atoms with Crippen molar-refractivity contribution in [2.75, 3.05) is 20.8 Å². The van der Waals surface area contributed by atoms with Crippen LogP contribution in [0.1, 0.15) is 18.4 Å². The number of amides is 1. The molecule has 1 rings (SSSR count). The van der Waals surface area contributed by atoms with E-state index in [0.29, 0.717) is 6.61 Å². The van der Waals surface area contributed by atoms with Gasteiger partial charge in [-0.1, -0.05) is 42.5 Å². The number of methoxy groups -OCH3 is 1. The molecule has 0 radical (unpaired) electrons. The minimum Gasteiger partial charge on any atom is -0.392 e. The van der Waals surface area contributed by atoms with Gasteiger partial charge in [-0.3, -0.25) is 4.79 Å². The number of hydrogen-bond donors (Lipinski definition) is 1. The molecule has 19 heavy (non-hydrogen) atoms. The molecule has 0 fully saturated rings. The highest BCUT2D eigenvalue weighted by Gasteiger charge is 2.28. The molecule has 5 heteroatoms. The summed E-state index contributed by atoms with van der Waals surface area (Å²) in [5.41, 5.74) is 6.55. The fourth-order valence-corrected chi connectivity index (χ4v) is 2.08. The number of likely N-dealkylation sites (N-methyl/N-ethyl adjacent to an activating group) is 1. The SMILES string of the molecule is COCC(C)N(C)C(=O)C(C(N)=S)c1ccccc1. The highest BCUT2D eigenvalue weighted by atomic mass is 32.1. The first kappa shape index (κ1) is 15.6. The predicted molar refractivity (Wildman–Crippen MR) is 80.1 cm³/mol. The molecule has 0 spiro atoms. The van der Waals surface area contributed by atoms with Crippen molar-refractivity contribution in [1.82, 2.24) is 4.90 Å². The Kier molecular flexibility index (Phi) is 5.92. The van der Waals surface area contributed by atoms with Crippen LogP contribution in [0.25, 0.3) is 0 Å². The Morgan fingerprint density at radius 2 is 2.00 bits per heavy atom. The maximum absolute atomic E-state index is 12.5. The number of carbonyl (C=O) groups excluding carboxylic acids is 1.